The van der Waals surface area contributed by atoms with Crippen LogP contribution in [0.2, 0.25) is 0 Å². The van der Waals surface area contributed by atoms with Gasteiger partial charge in [0, 0.05) is 32.0 Å². The number of hydrogen-bond acceptors (Lipinski definition) is 3. The van der Waals surface area contributed by atoms with E-state index in [1.54, 1.807) is 11.3 Å². The Bertz CT molecular complexity index is 1720. The zero-order valence-corrected chi connectivity index (χ0v) is 27.3. The maximum absolute atomic E-state index is 13.8. The zero-order chi connectivity index (χ0) is 31.1. The Balaban J connectivity index is 1.80. The van der Waals surface area contributed by atoms with Crippen molar-refractivity contribution in [2.45, 2.75) is 55.4 Å². The number of Topliss-reactive ketones (excluding diaryl/α,β-unsaturated/α-hetero) is 2. The minimum atomic E-state index is -0.298. The van der Waals surface area contributed by atoms with Gasteiger partial charge in [0.1, 0.15) is 0 Å². The summed E-state index contributed by atoms with van der Waals surface area (Å²) in [5.41, 5.74) is 9.10. The van der Waals surface area contributed by atoms with Crippen molar-refractivity contribution in [1.29, 1.82) is 0 Å². The quantitative estimate of drug-likeness (QED) is 0.306. The minimum Gasteiger partial charge on any atom is -0.289 e. The summed E-state index contributed by atoms with van der Waals surface area (Å²) in [6.45, 7) is 16.5. The van der Waals surface area contributed by atoms with Gasteiger partial charge in [-0.15, -0.1) is 11.3 Å². The average Bonchev–Trinajstić information content (AvgIpc) is 3.41. The summed E-state index contributed by atoms with van der Waals surface area (Å²) in [5.74, 6) is 0.226. The Kier molecular flexibility index (Phi) is 8.15. The van der Waals surface area contributed by atoms with E-state index < -0.39 is 0 Å². The van der Waals surface area contributed by atoms with Gasteiger partial charge in [0.15, 0.2) is 11.6 Å². The highest BCUT2D eigenvalue weighted by Gasteiger charge is 2.35. The summed E-state index contributed by atoms with van der Waals surface area (Å²) >= 11 is 1.74. The van der Waals surface area contributed by atoms with Crippen LogP contribution in [0.15, 0.2) is 131 Å². The lowest BCUT2D eigenvalue weighted by atomic mass is 9.71. The molecule has 0 saturated heterocycles. The van der Waals surface area contributed by atoms with Gasteiger partial charge in [0.05, 0.1) is 0 Å². The Morgan fingerprint density at radius 2 is 0.884 bits per heavy atom. The monoisotopic (exact) mass is 584 g/mol. The fraction of sp³-hybridized carbons (Fsp3) is 0.250. The maximum atomic E-state index is 13.8. The van der Waals surface area contributed by atoms with Crippen LogP contribution >= 0.6 is 11.3 Å². The molecule has 218 valence electrons. The molecule has 2 aliphatic rings. The number of thiophene rings is 1. The predicted octanol–water partition coefficient (Wildman–Crippen LogP) is 10.4. The number of ketones is 2. The molecule has 1 heterocycles. The Labute approximate surface area is 260 Å². The Morgan fingerprint density at radius 3 is 1.26 bits per heavy atom. The molecule has 0 spiro atoms. The summed E-state index contributed by atoms with van der Waals surface area (Å²) in [6.07, 6.45) is 8.25. The fourth-order valence-electron chi connectivity index (χ4n) is 5.70. The van der Waals surface area contributed by atoms with E-state index in [1.807, 2.05) is 38.1 Å². The van der Waals surface area contributed by atoms with E-state index in [0.29, 0.717) is 0 Å². The summed E-state index contributed by atoms with van der Waals surface area (Å²) in [4.78, 5) is 28.6. The molecule has 0 radical (unpaired) electrons. The van der Waals surface area contributed by atoms with Crippen molar-refractivity contribution in [3.63, 3.8) is 0 Å². The van der Waals surface area contributed by atoms with Crippen molar-refractivity contribution in [3.8, 4) is 0 Å². The Morgan fingerprint density at radius 1 is 0.512 bits per heavy atom. The van der Waals surface area contributed by atoms with Crippen LogP contribution in [0.4, 0.5) is 0 Å². The first-order chi connectivity index (χ1) is 20.3. The molecule has 1 aromatic heterocycles. The average molecular weight is 585 g/mol. The normalized spacial score (nSPS) is 16.0. The molecule has 3 heteroatoms. The van der Waals surface area contributed by atoms with Gasteiger partial charge in [0.25, 0.3) is 0 Å². The molecule has 0 bridgehead atoms. The second-order valence-corrected chi connectivity index (χ2v) is 14.6. The third-order valence-electron chi connectivity index (χ3n) is 7.97. The lowest BCUT2D eigenvalue weighted by Gasteiger charge is -2.32. The van der Waals surface area contributed by atoms with Crippen LogP contribution in [-0.2, 0) is 9.59 Å². The number of carbonyl (C=O) groups excluding carboxylic acids is 2. The number of rotatable bonds is 4. The second kappa shape index (κ2) is 11.5. The lowest BCUT2D eigenvalue weighted by Crippen LogP contribution is -2.28. The number of allylic oxidation sites excluding steroid dienone is 10. The van der Waals surface area contributed by atoms with Crippen LogP contribution in [-0.4, -0.2) is 11.6 Å². The van der Waals surface area contributed by atoms with Crippen molar-refractivity contribution < 1.29 is 9.59 Å². The van der Waals surface area contributed by atoms with E-state index in [2.05, 4.69) is 114 Å². The Hall–Kier alpha value is -4.08. The van der Waals surface area contributed by atoms with E-state index in [4.69, 9.17) is 0 Å². The molecule has 0 atom stereocenters. The molecule has 0 saturated carbocycles. The zero-order valence-electron chi connectivity index (χ0n) is 26.5. The molecule has 2 aliphatic carbocycles. The first-order valence-corrected chi connectivity index (χ1v) is 15.7. The third kappa shape index (κ3) is 6.19. The van der Waals surface area contributed by atoms with Crippen molar-refractivity contribution >= 4 is 34.0 Å². The van der Waals surface area contributed by atoms with Gasteiger partial charge in [0.2, 0.25) is 0 Å². The van der Waals surface area contributed by atoms with Crippen molar-refractivity contribution in [1.82, 2.24) is 0 Å². The molecule has 2 aromatic carbocycles. The van der Waals surface area contributed by atoms with Crippen molar-refractivity contribution in [2.75, 3.05) is 0 Å². The molecular weight excluding hydrogens is 545 g/mol. The van der Waals surface area contributed by atoms with E-state index in [9.17, 15) is 9.59 Å². The molecule has 0 unspecified atom stereocenters. The minimum absolute atomic E-state index is 0.0915. The highest BCUT2D eigenvalue weighted by Crippen LogP contribution is 2.44. The van der Waals surface area contributed by atoms with Crippen LogP contribution < -0.4 is 0 Å². The van der Waals surface area contributed by atoms with Crippen LogP contribution in [0.5, 0.6) is 0 Å². The molecule has 0 amide bonds. The first kappa shape index (κ1) is 30.4. The van der Waals surface area contributed by atoms with Gasteiger partial charge < -0.3 is 0 Å². The van der Waals surface area contributed by atoms with Gasteiger partial charge >= 0.3 is 0 Å². The summed E-state index contributed by atoms with van der Waals surface area (Å²) in [6, 6.07) is 25.3. The first-order valence-electron chi connectivity index (χ1n) is 14.9. The van der Waals surface area contributed by atoms with Crippen LogP contribution in [0.1, 0.15) is 76.3 Å². The largest absolute Gasteiger partial charge is 0.289 e. The van der Waals surface area contributed by atoms with E-state index in [-0.39, 0.29) is 22.4 Å². The van der Waals surface area contributed by atoms with Gasteiger partial charge in [-0.3, -0.25) is 9.59 Å². The molecule has 2 nitrogen and oxygen atoms in total. The number of carbonyl (C=O) groups is 2. The molecule has 0 fully saturated rings. The topological polar surface area (TPSA) is 34.1 Å². The van der Waals surface area contributed by atoms with E-state index >= 15 is 0 Å². The number of hydrogen-bond donors (Lipinski definition) is 0. The van der Waals surface area contributed by atoms with Crippen LogP contribution in [0.25, 0.3) is 11.1 Å². The highest BCUT2D eigenvalue weighted by atomic mass is 32.1. The molecule has 3 aromatic rings. The molecular formula is C40H40O2S. The van der Waals surface area contributed by atoms with Crippen molar-refractivity contribution in [2.24, 2.45) is 10.8 Å². The maximum Gasteiger partial charge on any atom is 0.186 e. The van der Waals surface area contributed by atoms with E-state index in [1.165, 1.54) is 0 Å². The third-order valence-corrected chi connectivity index (χ3v) is 9.09. The standard InChI is InChI=1S/C40H40O2S/c1-25-21-29(22-26(2)37(25)41)35(27-15-11-9-12-16-27)33-19-20-34(43-33)36(28-17-13-10-14-18-28)30-23-31(39(3,4)5)38(42)32(24-30)40(6,7)8/h9-24H,1-8H3. The molecule has 43 heavy (non-hydrogen) atoms. The molecule has 0 N–H and O–H groups in total. The fourth-order valence-corrected chi connectivity index (χ4v) is 6.89. The van der Waals surface area contributed by atoms with Crippen molar-refractivity contribution in [3.05, 3.63) is 151 Å². The van der Waals surface area contributed by atoms with E-state index in [0.717, 1.165) is 65.5 Å². The predicted molar refractivity (Wildman–Crippen MR) is 182 cm³/mol. The summed E-state index contributed by atoms with van der Waals surface area (Å²) in [7, 11) is 0. The summed E-state index contributed by atoms with van der Waals surface area (Å²) in [5, 5.41) is 0. The second-order valence-electron chi connectivity index (χ2n) is 13.5. The van der Waals surface area contributed by atoms with Gasteiger partial charge in [-0.2, -0.15) is 0 Å². The smallest absolute Gasteiger partial charge is 0.186 e. The van der Waals surface area contributed by atoms with Gasteiger partial charge in [-0.25, -0.2) is 0 Å². The van der Waals surface area contributed by atoms with Crippen LogP contribution in [0.3, 0.4) is 0 Å². The van der Waals surface area contributed by atoms with Gasteiger partial charge in [-0.05, 0) is 94.5 Å². The molecule has 5 rings (SSSR count). The van der Waals surface area contributed by atoms with Crippen LogP contribution in [0, 0.1) is 10.8 Å². The SMILES string of the molecule is CC1=CC(=C(c2ccccc2)c2ccc(C(=C3C=C(C(C)(C)C)C(=O)C(C(C)(C)C)=C3)c3ccccc3)s2)C=C(C)C1=O. The van der Waals surface area contributed by atoms with Gasteiger partial charge in [-0.1, -0.05) is 102 Å². The lowest BCUT2D eigenvalue weighted by molar-refractivity contribution is -0.114. The number of benzene rings is 2. The summed E-state index contributed by atoms with van der Waals surface area (Å²) < 4.78 is 0. The molecule has 0 aliphatic heterocycles. The highest BCUT2D eigenvalue weighted by molar-refractivity contribution is 7.14.